The van der Waals surface area contributed by atoms with Crippen molar-refractivity contribution in [2.24, 2.45) is 28.6 Å². The first-order chi connectivity index (χ1) is 11.2. The fraction of sp³-hybridized carbons (Fsp3) is 0.810. The molecule has 0 radical (unpaired) electrons. The maximum Gasteiger partial charge on any atom is 0.311 e. The molecule has 0 saturated heterocycles. The zero-order valence-corrected chi connectivity index (χ0v) is 16.1. The monoisotopic (exact) mass is 334 g/mol. The molecule has 24 heavy (non-hydrogen) atoms. The highest BCUT2D eigenvalue weighted by molar-refractivity contribution is 5.80. The second-order valence-corrected chi connectivity index (χ2v) is 8.73. The number of hydrogen-bond donors (Lipinski definition) is 0. The lowest BCUT2D eigenvalue weighted by Crippen LogP contribution is -2.53. The SMILES string of the molecule is C=C1CCC2[C@](C)(CCC[C@@]2(C)C(=O)OC)C1CCC(=O)C(C)C. The molecule has 0 heterocycles. The van der Waals surface area contributed by atoms with Gasteiger partial charge in [0, 0.05) is 12.3 Å². The number of ketones is 1. The van der Waals surface area contributed by atoms with Crippen LogP contribution < -0.4 is 0 Å². The molecule has 2 saturated carbocycles. The molecule has 0 aromatic carbocycles. The van der Waals surface area contributed by atoms with E-state index in [1.165, 1.54) is 12.7 Å². The summed E-state index contributed by atoms with van der Waals surface area (Å²) in [4.78, 5) is 24.7. The lowest BCUT2D eigenvalue weighted by molar-refractivity contribution is -0.168. The lowest BCUT2D eigenvalue weighted by atomic mass is 9.46. The van der Waals surface area contributed by atoms with Gasteiger partial charge in [0.05, 0.1) is 12.5 Å². The van der Waals surface area contributed by atoms with Crippen LogP contribution in [0.25, 0.3) is 0 Å². The molecule has 0 aromatic heterocycles. The van der Waals surface area contributed by atoms with Crippen LogP contribution in [0.4, 0.5) is 0 Å². The van der Waals surface area contributed by atoms with Crippen LogP contribution in [0.5, 0.6) is 0 Å². The first-order valence-electron chi connectivity index (χ1n) is 9.45. The molecule has 2 aliphatic carbocycles. The summed E-state index contributed by atoms with van der Waals surface area (Å²) in [5.74, 6) is 1.01. The van der Waals surface area contributed by atoms with E-state index in [1.807, 2.05) is 13.8 Å². The predicted octanol–water partition coefficient (Wildman–Crippen LogP) is 4.94. The fourth-order valence-electron chi connectivity index (χ4n) is 5.54. The number of methoxy groups -OCH3 is 1. The lowest BCUT2D eigenvalue weighted by Gasteiger charge is -2.57. The Hall–Kier alpha value is -1.12. The molecule has 3 nitrogen and oxygen atoms in total. The van der Waals surface area contributed by atoms with Crippen molar-refractivity contribution in [2.45, 2.75) is 72.6 Å². The summed E-state index contributed by atoms with van der Waals surface area (Å²) in [5.41, 5.74) is 0.927. The summed E-state index contributed by atoms with van der Waals surface area (Å²) in [7, 11) is 1.50. The minimum absolute atomic E-state index is 0.0494. The maximum atomic E-state index is 12.5. The number of ether oxygens (including phenoxy) is 1. The normalized spacial score (nSPS) is 36.3. The van der Waals surface area contributed by atoms with E-state index in [9.17, 15) is 9.59 Å². The van der Waals surface area contributed by atoms with Gasteiger partial charge in [-0.05, 0) is 56.3 Å². The Morgan fingerprint density at radius 2 is 1.96 bits per heavy atom. The van der Waals surface area contributed by atoms with Crippen LogP contribution in [0.1, 0.15) is 72.6 Å². The van der Waals surface area contributed by atoms with Crippen molar-refractivity contribution in [3.05, 3.63) is 12.2 Å². The average molecular weight is 335 g/mol. The van der Waals surface area contributed by atoms with Crippen molar-refractivity contribution in [3.63, 3.8) is 0 Å². The first kappa shape index (κ1) is 19.2. The molecular formula is C21H34O3. The van der Waals surface area contributed by atoms with Gasteiger partial charge in [-0.25, -0.2) is 0 Å². The Morgan fingerprint density at radius 1 is 1.29 bits per heavy atom. The number of hydrogen-bond acceptors (Lipinski definition) is 3. The van der Waals surface area contributed by atoms with Crippen LogP contribution >= 0.6 is 0 Å². The molecule has 0 aliphatic heterocycles. The highest BCUT2D eigenvalue weighted by Crippen LogP contribution is 2.62. The largest absolute Gasteiger partial charge is 0.469 e. The molecule has 0 amide bonds. The van der Waals surface area contributed by atoms with Gasteiger partial charge in [-0.2, -0.15) is 0 Å². The summed E-state index contributed by atoms with van der Waals surface area (Å²) in [6, 6.07) is 0. The van der Waals surface area contributed by atoms with E-state index in [-0.39, 0.29) is 17.3 Å². The van der Waals surface area contributed by atoms with Crippen LogP contribution in [-0.2, 0) is 14.3 Å². The predicted molar refractivity (Wildman–Crippen MR) is 96.5 cm³/mol. The quantitative estimate of drug-likeness (QED) is 0.528. The van der Waals surface area contributed by atoms with Crippen molar-refractivity contribution < 1.29 is 14.3 Å². The summed E-state index contributed by atoms with van der Waals surface area (Å²) in [6.07, 6.45) is 6.54. The van der Waals surface area contributed by atoms with Gasteiger partial charge in [-0.15, -0.1) is 0 Å². The van der Waals surface area contributed by atoms with E-state index in [2.05, 4.69) is 20.4 Å². The van der Waals surface area contributed by atoms with Gasteiger partial charge in [-0.1, -0.05) is 39.3 Å². The third-order valence-corrected chi connectivity index (χ3v) is 6.99. The van der Waals surface area contributed by atoms with Crippen molar-refractivity contribution in [2.75, 3.05) is 7.11 Å². The molecule has 3 heteroatoms. The van der Waals surface area contributed by atoms with Crippen LogP contribution in [0.15, 0.2) is 12.2 Å². The van der Waals surface area contributed by atoms with Crippen molar-refractivity contribution in [3.8, 4) is 0 Å². The van der Waals surface area contributed by atoms with Gasteiger partial charge >= 0.3 is 5.97 Å². The minimum atomic E-state index is -0.400. The Bertz CT molecular complexity index is 521. The number of rotatable bonds is 5. The second kappa shape index (κ2) is 7.01. The number of allylic oxidation sites excluding steroid dienone is 1. The Balaban J connectivity index is 2.27. The Kier molecular flexibility index (Phi) is 5.61. The van der Waals surface area contributed by atoms with Gasteiger partial charge in [0.1, 0.15) is 5.78 Å². The third-order valence-electron chi connectivity index (χ3n) is 6.99. The van der Waals surface area contributed by atoms with Crippen molar-refractivity contribution in [1.29, 1.82) is 0 Å². The van der Waals surface area contributed by atoms with Gasteiger partial charge in [0.2, 0.25) is 0 Å². The summed E-state index contributed by atoms with van der Waals surface area (Å²) in [5, 5.41) is 0. The molecule has 0 N–H and O–H groups in total. The molecule has 0 spiro atoms. The van der Waals surface area contributed by atoms with E-state index in [1.54, 1.807) is 0 Å². The van der Waals surface area contributed by atoms with E-state index in [0.29, 0.717) is 24.0 Å². The minimum Gasteiger partial charge on any atom is -0.469 e. The topological polar surface area (TPSA) is 43.4 Å². The molecule has 0 aromatic rings. The molecular weight excluding hydrogens is 300 g/mol. The average Bonchev–Trinajstić information content (AvgIpc) is 2.52. The van der Waals surface area contributed by atoms with Crippen LogP contribution in [0.3, 0.4) is 0 Å². The zero-order valence-electron chi connectivity index (χ0n) is 16.1. The number of carbonyl (C=O) groups excluding carboxylic acids is 2. The smallest absolute Gasteiger partial charge is 0.311 e. The Morgan fingerprint density at radius 3 is 2.54 bits per heavy atom. The molecule has 4 atom stereocenters. The van der Waals surface area contributed by atoms with Gasteiger partial charge < -0.3 is 4.74 Å². The van der Waals surface area contributed by atoms with Crippen molar-refractivity contribution in [1.82, 2.24) is 0 Å². The third kappa shape index (κ3) is 3.19. The van der Waals surface area contributed by atoms with Crippen LogP contribution in [-0.4, -0.2) is 18.9 Å². The van der Waals surface area contributed by atoms with Gasteiger partial charge in [-0.3, -0.25) is 9.59 Å². The molecule has 2 fully saturated rings. The molecule has 2 rings (SSSR count). The van der Waals surface area contributed by atoms with E-state index >= 15 is 0 Å². The van der Waals surface area contributed by atoms with Gasteiger partial charge in [0.15, 0.2) is 0 Å². The summed E-state index contributed by atoms with van der Waals surface area (Å²) in [6.45, 7) is 12.7. The Labute approximate surface area is 147 Å². The molecule has 2 aliphatic rings. The number of carbonyl (C=O) groups is 2. The molecule has 2 unspecified atom stereocenters. The van der Waals surface area contributed by atoms with E-state index in [0.717, 1.165) is 38.5 Å². The second-order valence-electron chi connectivity index (χ2n) is 8.73. The summed E-state index contributed by atoms with van der Waals surface area (Å²) < 4.78 is 5.16. The zero-order chi connectivity index (χ0) is 18.1. The van der Waals surface area contributed by atoms with E-state index in [4.69, 9.17) is 4.74 Å². The standard InChI is InChI=1S/C21H34O3/c1-14(2)17(22)10-9-16-15(3)8-11-18-20(16,4)12-7-13-21(18,5)19(23)24-6/h14,16,18H,3,7-13H2,1-2,4-6H3/t16?,18?,20-,21-/m1/s1. The van der Waals surface area contributed by atoms with Crippen LogP contribution in [0.2, 0.25) is 0 Å². The maximum absolute atomic E-state index is 12.5. The molecule has 136 valence electrons. The number of fused-ring (bicyclic) bond motifs is 1. The number of esters is 1. The fourth-order valence-corrected chi connectivity index (χ4v) is 5.54. The molecule has 0 bridgehead atoms. The first-order valence-corrected chi connectivity index (χ1v) is 9.45. The van der Waals surface area contributed by atoms with E-state index < -0.39 is 5.41 Å². The highest BCUT2D eigenvalue weighted by Gasteiger charge is 2.57. The van der Waals surface area contributed by atoms with Crippen molar-refractivity contribution >= 4 is 11.8 Å². The van der Waals surface area contributed by atoms with Gasteiger partial charge in [0.25, 0.3) is 0 Å². The van der Waals surface area contributed by atoms with Crippen LogP contribution in [0, 0.1) is 28.6 Å². The summed E-state index contributed by atoms with van der Waals surface area (Å²) >= 11 is 0. The highest BCUT2D eigenvalue weighted by atomic mass is 16.5. The number of Topliss-reactive ketones (excluding diaryl/α,β-unsaturated/α-hetero) is 1.